The summed E-state index contributed by atoms with van der Waals surface area (Å²) in [6, 6.07) is 58.2. The number of hydrogen-bond acceptors (Lipinski definition) is 3. The third-order valence-electron chi connectivity index (χ3n) is 8.67. The molecule has 2 nitrogen and oxygen atoms in total. The summed E-state index contributed by atoms with van der Waals surface area (Å²) in [5.41, 5.74) is 9.85. The summed E-state index contributed by atoms with van der Waals surface area (Å²) in [5.74, 6) is 0. The molecule has 0 unspecified atom stereocenters. The fourth-order valence-electron chi connectivity index (χ4n) is 6.53. The highest BCUT2D eigenvalue weighted by atomic mass is 32.1. The molecule has 2 aromatic heterocycles. The van der Waals surface area contributed by atoms with Crippen LogP contribution in [0.1, 0.15) is 0 Å². The highest BCUT2D eigenvalue weighted by molar-refractivity contribution is 7.26. The first-order valence-electron chi connectivity index (χ1n) is 15.2. The van der Waals surface area contributed by atoms with Gasteiger partial charge in [0.25, 0.3) is 0 Å². The molecule has 0 spiro atoms. The molecule has 0 bridgehead atoms. The number of anilines is 3. The molecule has 0 aliphatic heterocycles. The van der Waals surface area contributed by atoms with Gasteiger partial charge in [-0.15, -0.1) is 11.3 Å². The predicted octanol–water partition coefficient (Wildman–Crippen LogP) is 12.8. The zero-order chi connectivity index (χ0) is 29.7. The van der Waals surface area contributed by atoms with Crippen molar-refractivity contribution in [3.05, 3.63) is 164 Å². The second-order valence-electron chi connectivity index (χ2n) is 11.3. The SMILES string of the molecule is c1ccc(-c2ccc(N(c3ccccc3)c3ccc(-c4cc5c6ccccc6sc5c5c4oc4ccccc45)cc3)cc2)cc1. The molecule has 45 heavy (non-hydrogen) atoms. The number of rotatable bonds is 5. The first-order chi connectivity index (χ1) is 22.3. The van der Waals surface area contributed by atoms with Crippen molar-refractivity contribution in [3.8, 4) is 22.3 Å². The molecule has 0 amide bonds. The van der Waals surface area contributed by atoms with Gasteiger partial charge >= 0.3 is 0 Å². The highest BCUT2D eigenvalue weighted by Crippen LogP contribution is 2.46. The third-order valence-corrected chi connectivity index (χ3v) is 9.88. The molecule has 9 rings (SSSR count). The lowest BCUT2D eigenvalue weighted by Crippen LogP contribution is -2.09. The number of benzene rings is 7. The van der Waals surface area contributed by atoms with E-state index in [4.69, 9.17) is 4.42 Å². The van der Waals surface area contributed by atoms with Crippen molar-refractivity contribution < 1.29 is 4.42 Å². The zero-order valence-corrected chi connectivity index (χ0v) is 25.2. The van der Waals surface area contributed by atoms with Crippen LogP contribution in [-0.2, 0) is 0 Å². The average molecular weight is 594 g/mol. The number of para-hydroxylation sites is 2. The van der Waals surface area contributed by atoms with Gasteiger partial charge < -0.3 is 9.32 Å². The molecule has 0 saturated heterocycles. The smallest absolute Gasteiger partial charge is 0.144 e. The number of nitrogens with zero attached hydrogens (tertiary/aromatic N) is 1. The molecule has 212 valence electrons. The van der Waals surface area contributed by atoms with Gasteiger partial charge in [0.2, 0.25) is 0 Å². The Morgan fingerprint density at radius 3 is 1.73 bits per heavy atom. The van der Waals surface area contributed by atoms with Gasteiger partial charge in [-0.3, -0.25) is 0 Å². The molecular weight excluding hydrogens is 567 g/mol. The zero-order valence-electron chi connectivity index (χ0n) is 24.4. The summed E-state index contributed by atoms with van der Waals surface area (Å²) in [6.45, 7) is 0. The summed E-state index contributed by atoms with van der Waals surface area (Å²) in [4.78, 5) is 2.31. The maximum atomic E-state index is 6.60. The summed E-state index contributed by atoms with van der Waals surface area (Å²) < 4.78 is 9.18. The minimum absolute atomic E-state index is 0.921. The van der Waals surface area contributed by atoms with E-state index in [1.165, 1.54) is 36.7 Å². The van der Waals surface area contributed by atoms with Gasteiger partial charge in [-0.2, -0.15) is 0 Å². The van der Waals surface area contributed by atoms with Gasteiger partial charge in [0.15, 0.2) is 0 Å². The molecular formula is C42H27NOS. The maximum Gasteiger partial charge on any atom is 0.144 e. The normalized spacial score (nSPS) is 11.6. The molecule has 0 radical (unpaired) electrons. The minimum Gasteiger partial charge on any atom is -0.455 e. The number of hydrogen-bond donors (Lipinski definition) is 0. The van der Waals surface area contributed by atoms with Crippen LogP contribution in [0.15, 0.2) is 168 Å². The number of furan rings is 1. The van der Waals surface area contributed by atoms with Crippen LogP contribution in [0.3, 0.4) is 0 Å². The van der Waals surface area contributed by atoms with E-state index in [-0.39, 0.29) is 0 Å². The van der Waals surface area contributed by atoms with Crippen LogP contribution in [0.25, 0.3) is 64.4 Å². The Hall–Kier alpha value is -5.64. The van der Waals surface area contributed by atoms with Gasteiger partial charge in [-0.1, -0.05) is 109 Å². The second-order valence-corrected chi connectivity index (χ2v) is 12.4. The van der Waals surface area contributed by atoms with E-state index in [0.29, 0.717) is 0 Å². The minimum atomic E-state index is 0.921. The highest BCUT2D eigenvalue weighted by Gasteiger charge is 2.20. The Balaban J connectivity index is 1.19. The second kappa shape index (κ2) is 10.5. The fraction of sp³-hybridized carbons (Fsp3) is 0. The standard InChI is InChI=1S/C42H27NOS/c1-3-11-28(12-4-1)29-19-23-32(24-20-29)43(31-13-5-2-6-14-31)33-25-21-30(22-26-33)36-27-37-34-15-8-10-18-39(34)45-42(37)40-35-16-7-9-17-38(35)44-41(36)40/h1-27H. The predicted molar refractivity (Wildman–Crippen MR) is 192 cm³/mol. The van der Waals surface area contributed by atoms with Gasteiger partial charge in [0, 0.05) is 53.6 Å². The molecule has 2 heterocycles. The summed E-state index contributed by atoms with van der Waals surface area (Å²) >= 11 is 1.85. The van der Waals surface area contributed by atoms with Crippen LogP contribution < -0.4 is 4.90 Å². The summed E-state index contributed by atoms with van der Waals surface area (Å²) in [7, 11) is 0. The third kappa shape index (κ3) is 4.32. The van der Waals surface area contributed by atoms with Crippen LogP contribution in [0.4, 0.5) is 17.1 Å². The Morgan fingerprint density at radius 2 is 1.00 bits per heavy atom. The lowest BCUT2D eigenvalue weighted by molar-refractivity contribution is 0.670. The Morgan fingerprint density at radius 1 is 0.444 bits per heavy atom. The molecule has 0 aliphatic rings. The largest absolute Gasteiger partial charge is 0.455 e. The van der Waals surface area contributed by atoms with E-state index in [9.17, 15) is 0 Å². The van der Waals surface area contributed by atoms with Crippen LogP contribution in [-0.4, -0.2) is 0 Å². The van der Waals surface area contributed by atoms with Crippen molar-refractivity contribution in [3.63, 3.8) is 0 Å². The van der Waals surface area contributed by atoms with Crippen LogP contribution in [0.5, 0.6) is 0 Å². The topological polar surface area (TPSA) is 16.4 Å². The van der Waals surface area contributed by atoms with Gasteiger partial charge in [-0.25, -0.2) is 0 Å². The first kappa shape index (κ1) is 25.8. The molecule has 0 aliphatic carbocycles. The van der Waals surface area contributed by atoms with Crippen molar-refractivity contribution in [1.29, 1.82) is 0 Å². The molecule has 0 atom stereocenters. The lowest BCUT2D eigenvalue weighted by Gasteiger charge is -2.26. The van der Waals surface area contributed by atoms with Crippen molar-refractivity contribution in [2.45, 2.75) is 0 Å². The fourth-order valence-corrected chi connectivity index (χ4v) is 7.77. The quantitative estimate of drug-likeness (QED) is 0.197. The first-order valence-corrected chi connectivity index (χ1v) is 16.0. The van der Waals surface area contributed by atoms with E-state index in [0.717, 1.165) is 44.7 Å². The Bertz CT molecular complexity index is 2460. The molecule has 0 saturated carbocycles. The average Bonchev–Trinajstić information content (AvgIpc) is 3.68. The molecule has 0 fully saturated rings. The van der Waals surface area contributed by atoms with Crippen molar-refractivity contribution in [2.24, 2.45) is 0 Å². The Labute approximate surface area is 265 Å². The van der Waals surface area contributed by atoms with E-state index in [2.05, 4.69) is 163 Å². The van der Waals surface area contributed by atoms with Gasteiger partial charge in [0.1, 0.15) is 11.2 Å². The monoisotopic (exact) mass is 593 g/mol. The molecule has 9 aromatic rings. The van der Waals surface area contributed by atoms with Crippen LogP contribution in [0, 0.1) is 0 Å². The summed E-state index contributed by atoms with van der Waals surface area (Å²) in [6.07, 6.45) is 0. The lowest BCUT2D eigenvalue weighted by atomic mass is 9.98. The Kier molecular flexibility index (Phi) is 6.03. The van der Waals surface area contributed by atoms with Crippen molar-refractivity contribution in [2.75, 3.05) is 4.90 Å². The van der Waals surface area contributed by atoms with E-state index >= 15 is 0 Å². The molecule has 7 aromatic carbocycles. The van der Waals surface area contributed by atoms with Crippen LogP contribution >= 0.6 is 11.3 Å². The van der Waals surface area contributed by atoms with E-state index < -0.39 is 0 Å². The molecule has 0 N–H and O–H groups in total. The van der Waals surface area contributed by atoms with Crippen molar-refractivity contribution in [1.82, 2.24) is 0 Å². The van der Waals surface area contributed by atoms with Crippen molar-refractivity contribution >= 4 is 70.5 Å². The van der Waals surface area contributed by atoms with Crippen LogP contribution in [0.2, 0.25) is 0 Å². The van der Waals surface area contributed by atoms with E-state index in [1.54, 1.807) is 0 Å². The maximum absolute atomic E-state index is 6.60. The van der Waals surface area contributed by atoms with Gasteiger partial charge in [-0.05, 0) is 71.3 Å². The van der Waals surface area contributed by atoms with E-state index in [1.807, 2.05) is 17.4 Å². The molecule has 3 heteroatoms. The summed E-state index contributed by atoms with van der Waals surface area (Å²) in [5, 5.41) is 4.93. The number of fused-ring (bicyclic) bond motifs is 7. The van der Waals surface area contributed by atoms with Gasteiger partial charge in [0.05, 0.1) is 0 Å². The number of thiophene rings is 1.